The third-order valence-electron chi connectivity index (χ3n) is 18.7. The van der Waals surface area contributed by atoms with E-state index >= 15 is 0 Å². The van der Waals surface area contributed by atoms with Crippen molar-refractivity contribution < 1.29 is 9.47 Å². The molecule has 10 aromatic carbocycles. The number of anilines is 8. The zero-order chi connectivity index (χ0) is 54.6. The first-order chi connectivity index (χ1) is 38.7. The average Bonchev–Trinajstić information content (AvgIpc) is 3.88. The van der Waals surface area contributed by atoms with Crippen molar-refractivity contribution in [1.29, 1.82) is 0 Å². The molecule has 5 aliphatic rings. The van der Waals surface area contributed by atoms with Crippen LogP contribution in [-0.2, 0) is 16.2 Å². The van der Waals surface area contributed by atoms with Crippen molar-refractivity contribution in [3.63, 3.8) is 0 Å². The van der Waals surface area contributed by atoms with Gasteiger partial charge in [0.25, 0.3) is 0 Å². The quantitative estimate of drug-likeness (QED) is 0.155. The maximum absolute atomic E-state index is 6.99. The summed E-state index contributed by atoms with van der Waals surface area (Å²) in [7, 11) is 0. The first-order valence-corrected chi connectivity index (χ1v) is 28.6. The summed E-state index contributed by atoms with van der Waals surface area (Å²) in [4.78, 5) is 7.81. The van der Waals surface area contributed by atoms with Gasteiger partial charge in [-0.2, -0.15) is 0 Å². The van der Waals surface area contributed by atoms with Gasteiger partial charge in [-0.1, -0.05) is 169 Å². The summed E-state index contributed by atoms with van der Waals surface area (Å²) in [5, 5.41) is 0. The van der Waals surface area contributed by atoms with E-state index in [4.69, 9.17) is 9.47 Å². The van der Waals surface area contributed by atoms with Crippen molar-refractivity contribution in [3.05, 3.63) is 239 Å². The molecule has 0 bridgehead atoms. The zero-order valence-electron chi connectivity index (χ0n) is 47.2. The van der Waals surface area contributed by atoms with Crippen LogP contribution in [0, 0.1) is 20.8 Å². The molecule has 0 fully saturated rings. The number of fused-ring (bicyclic) bond motifs is 10. The molecular formula is C74H64BN3O2. The summed E-state index contributed by atoms with van der Waals surface area (Å²) in [5.74, 6) is 2.80. The number of benzene rings is 10. The van der Waals surface area contributed by atoms with E-state index in [9.17, 15) is 0 Å². The Bertz CT molecular complexity index is 4200. The second kappa shape index (κ2) is 17.4. The Morgan fingerprint density at radius 2 is 0.975 bits per heavy atom. The molecule has 0 aromatic heterocycles. The number of aryl methyl sites for hydroxylation is 3. The lowest BCUT2D eigenvalue weighted by Gasteiger charge is -2.48. The molecule has 0 spiro atoms. The highest BCUT2D eigenvalue weighted by Gasteiger charge is 2.49. The Morgan fingerprint density at radius 3 is 1.66 bits per heavy atom. The van der Waals surface area contributed by atoms with Crippen molar-refractivity contribution in [2.24, 2.45) is 0 Å². The van der Waals surface area contributed by atoms with E-state index in [-0.39, 0.29) is 23.1 Å². The molecule has 6 heteroatoms. The predicted molar refractivity (Wildman–Crippen MR) is 334 cm³/mol. The van der Waals surface area contributed by atoms with Crippen LogP contribution in [0.15, 0.2) is 200 Å². The van der Waals surface area contributed by atoms with Gasteiger partial charge in [0, 0.05) is 68.1 Å². The number of ether oxygens (including phenoxy) is 2. The highest BCUT2D eigenvalue weighted by Crippen LogP contribution is 2.59. The molecule has 0 atom stereocenters. The third kappa shape index (κ3) is 7.10. The standard InChI is InChI=1S/C74H64BN3O2/c1-45-23-13-18-30-60(45)76(61-31-19-14-24-46(61)2)49-38-54-53-40-52-51-28-15-17-29-55(51)74(8,9)56(52)41-64(53)78(62-32-20-16-27-50(62)48-25-11-10-12-26-48)75-59-43-69-70(80-68-34-22-21-33-67(68)79-69)44-65(59)77(66(39-49)71(54)75)63-42-58-57(37-47(63)3)72(4,5)35-36-73(58,6)7/h10-34,37-44H,35-36H2,1-9H3. The van der Waals surface area contributed by atoms with Gasteiger partial charge in [0.05, 0.1) is 0 Å². The van der Waals surface area contributed by atoms with Gasteiger partial charge in [-0.25, -0.2) is 0 Å². The minimum absolute atomic E-state index is 0.0289. The largest absolute Gasteiger partial charge is 0.450 e. The van der Waals surface area contributed by atoms with Gasteiger partial charge in [0.1, 0.15) is 0 Å². The Hall–Kier alpha value is -8.74. The molecule has 390 valence electrons. The highest BCUT2D eigenvalue weighted by molar-refractivity contribution is 6.93. The van der Waals surface area contributed by atoms with Gasteiger partial charge in [-0.05, 0) is 183 Å². The molecule has 3 heterocycles. The molecule has 0 amide bonds. The molecule has 3 aliphatic heterocycles. The fourth-order valence-corrected chi connectivity index (χ4v) is 14.3. The van der Waals surface area contributed by atoms with Crippen LogP contribution in [0.5, 0.6) is 23.0 Å². The van der Waals surface area contributed by atoms with E-state index in [1.54, 1.807) is 0 Å². The lowest BCUT2D eigenvalue weighted by Crippen LogP contribution is -2.61. The molecule has 10 aromatic rings. The smallest absolute Gasteiger partial charge is 0.333 e. The number of para-hydroxylation sites is 5. The van der Waals surface area contributed by atoms with Crippen LogP contribution in [0.25, 0.3) is 33.4 Å². The van der Waals surface area contributed by atoms with Crippen molar-refractivity contribution in [1.82, 2.24) is 0 Å². The van der Waals surface area contributed by atoms with Gasteiger partial charge in [-0.3, -0.25) is 0 Å². The van der Waals surface area contributed by atoms with Gasteiger partial charge in [-0.15, -0.1) is 0 Å². The van der Waals surface area contributed by atoms with E-state index < -0.39 is 0 Å². The van der Waals surface area contributed by atoms with E-state index in [2.05, 4.69) is 253 Å². The number of hydrogen-bond acceptors (Lipinski definition) is 5. The lowest BCUT2D eigenvalue weighted by molar-refractivity contribution is 0.332. The van der Waals surface area contributed by atoms with Gasteiger partial charge in [0.15, 0.2) is 23.0 Å². The Morgan fingerprint density at radius 1 is 0.400 bits per heavy atom. The van der Waals surface area contributed by atoms with Crippen molar-refractivity contribution in [2.45, 2.75) is 91.4 Å². The topological polar surface area (TPSA) is 28.2 Å². The zero-order valence-corrected chi connectivity index (χ0v) is 47.2. The van der Waals surface area contributed by atoms with Crippen molar-refractivity contribution in [3.8, 4) is 56.4 Å². The van der Waals surface area contributed by atoms with E-state index in [0.29, 0.717) is 23.0 Å². The fraction of sp³-hybridized carbons (Fsp3) is 0.189. The monoisotopic (exact) mass is 1040 g/mol. The molecule has 5 nitrogen and oxygen atoms in total. The molecule has 0 saturated heterocycles. The molecule has 0 N–H and O–H groups in total. The third-order valence-corrected chi connectivity index (χ3v) is 18.7. The Kier molecular flexibility index (Phi) is 10.5. The second-order valence-electron chi connectivity index (χ2n) is 24.9. The molecule has 0 unspecified atom stereocenters. The van der Waals surface area contributed by atoms with Gasteiger partial charge in [0.2, 0.25) is 0 Å². The van der Waals surface area contributed by atoms with Crippen LogP contribution in [0.2, 0.25) is 0 Å². The minimum atomic E-state index is -0.327. The fourth-order valence-electron chi connectivity index (χ4n) is 14.3. The molecule has 2 aliphatic carbocycles. The van der Waals surface area contributed by atoms with E-state index in [0.717, 1.165) is 58.1 Å². The maximum Gasteiger partial charge on any atom is 0.333 e. The lowest BCUT2D eigenvalue weighted by atomic mass is 9.43. The van der Waals surface area contributed by atoms with Gasteiger partial charge < -0.3 is 24.1 Å². The number of hydrogen-bond donors (Lipinski definition) is 0. The SMILES string of the molecule is Cc1ccccc1N(c1cc2c3c(c1)N(c1cc4c(cc1C)C(C)(C)CCC4(C)C)c1cc4c(cc1B3N(c1ccccc1-c1ccccc1)c1cc3c(cc1-2)-c1ccccc1C3(C)C)Oc1ccccc1O4)c1ccccc1C. The first-order valence-electron chi connectivity index (χ1n) is 28.6. The van der Waals surface area contributed by atoms with Crippen molar-refractivity contribution >= 4 is 63.3 Å². The molecular weight excluding hydrogens is 974 g/mol. The van der Waals surface area contributed by atoms with Crippen LogP contribution in [0.3, 0.4) is 0 Å². The van der Waals surface area contributed by atoms with E-state index in [1.807, 2.05) is 24.3 Å². The summed E-state index contributed by atoms with van der Waals surface area (Å²) < 4.78 is 14.0. The maximum atomic E-state index is 6.99. The highest BCUT2D eigenvalue weighted by atomic mass is 16.6. The Labute approximate surface area is 471 Å². The summed E-state index contributed by atoms with van der Waals surface area (Å²) in [6.45, 7) is 21.0. The predicted octanol–water partition coefficient (Wildman–Crippen LogP) is 19.0. The molecule has 0 radical (unpaired) electrons. The van der Waals surface area contributed by atoms with Crippen molar-refractivity contribution in [2.75, 3.05) is 14.6 Å². The number of nitrogens with zero attached hydrogens (tertiary/aromatic N) is 3. The first kappa shape index (κ1) is 48.4. The molecule has 80 heavy (non-hydrogen) atoms. The normalized spacial score (nSPS) is 15.9. The second-order valence-corrected chi connectivity index (χ2v) is 24.9. The molecule has 0 saturated carbocycles. The van der Waals surface area contributed by atoms with Crippen LogP contribution in [0.4, 0.5) is 45.5 Å². The number of rotatable bonds is 6. The molecule has 15 rings (SSSR count). The van der Waals surface area contributed by atoms with Crippen LogP contribution >= 0.6 is 0 Å². The van der Waals surface area contributed by atoms with Crippen LogP contribution in [0.1, 0.15) is 93.3 Å². The Balaban J connectivity index is 1.12. The van der Waals surface area contributed by atoms with Crippen LogP contribution < -0.4 is 35.0 Å². The summed E-state index contributed by atoms with van der Waals surface area (Å²) in [5.41, 5.74) is 27.6. The van der Waals surface area contributed by atoms with Crippen LogP contribution in [-0.4, -0.2) is 6.85 Å². The average molecular weight is 1040 g/mol. The summed E-state index contributed by atoms with van der Waals surface area (Å²) >= 11 is 0. The summed E-state index contributed by atoms with van der Waals surface area (Å²) in [6, 6.07) is 74.6. The summed E-state index contributed by atoms with van der Waals surface area (Å²) in [6.07, 6.45) is 2.25. The van der Waals surface area contributed by atoms with Gasteiger partial charge >= 0.3 is 6.85 Å². The van der Waals surface area contributed by atoms with E-state index in [1.165, 1.54) is 83.5 Å². The minimum Gasteiger partial charge on any atom is -0.450 e.